The SMILES string of the molecule is O=C(NC(c1ccccc1)c1cccc(OCc2ccc(C(=O)NCCCCCNC[C@H](O)c3ccc(O)c4[nH]c(=O)ccc34)cc2)c1)OC1C2CNCC1COC2. The van der Waals surface area contributed by atoms with Gasteiger partial charge in [0.2, 0.25) is 5.56 Å². The van der Waals surface area contributed by atoms with Gasteiger partial charge in [0.05, 0.1) is 30.9 Å². The van der Waals surface area contributed by atoms with Gasteiger partial charge >= 0.3 is 6.09 Å². The van der Waals surface area contributed by atoms with Gasteiger partial charge in [-0.1, -0.05) is 67.1 Å². The van der Waals surface area contributed by atoms with Crippen molar-refractivity contribution in [1.29, 1.82) is 0 Å². The van der Waals surface area contributed by atoms with Gasteiger partial charge in [-0.2, -0.15) is 0 Å². The molecule has 2 aliphatic heterocycles. The largest absolute Gasteiger partial charge is 0.506 e. The number of benzene rings is 4. The van der Waals surface area contributed by atoms with Crippen molar-refractivity contribution in [2.45, 2.75) is 44.1 Å². The maximum absolute atomic E-state index is 13.3. The predicted molar refractivity (Wildman–Crippen MR) is 220 cm³/mol. The lowest BCUT2D eigenvalue weighted by Crippen LogP contribution is -2.56. The van der Waals surface area contributed by atoms with E-state index in [-0.39, 0.29) is 35.2 Å². The summed E-state index contributed by atoms with van der Waals surface area (Å²) in [6.45, 7) is 4.54. The van der Waals surface area contributed by atoms with Crippen molar-refractivity contribution in [2.24, 2.45) is 11.8 Å². The minimum absolute atomic E-state index is 0.0417. The Labute approximate surface area is 337 Å². The number of ether oxygens (including phenoxy) is 3. The Morgan fingerprint density at radius 1 is 0.845 bits per heavy atom. The Bertz CT molecular complexity index is 2180. The molecule has 2 fully saturated rings. The fraction of sp³-hybridized carbons (Fsp3) is 0.356. The van der Waals surface area contributed by atoms with E-state index in [4.69, 9.17) is 14.2 Å². The second-order valence-corrected chi connectivity index (χ2v) is 15.0. The molecule has 3 heterocycles. The predicted octanol–water partition coefficient (Wildman–Crippen LogP) is 5.09. The van der Waals surface area contributed by atoms with Crippen molar-refractivity contribution in [3.05, 3.63) is 141 Å². The zero-order valence-corrected chi connectivity index (χ0v) is 32.3. The van der Waals surface area contributed by atoms with Crippen LogP contribution in [0.1, 0.15) is 64.0 Å². The number of fused-ring (bicyclic) bond motifs is 3. The molecule has 4 aromatic carbocycles. The maximum atomic E-state index is 13.3. The number of hydrogen-bond donors (Lipinski definition) is 7. The molecule has 1 aromatic heterocycles. The number of carbonyl (C=O) groups is 2. The Morgan fingerprint density at radius 2 is 1.60 bits per heavy atom. The van der Waals surface area contributed by atoms with Gasteiger partial charge in [0.1, 0.15) is 24.2 Å². The first-order chi connectivity index (χ1) is 28.3. The first-order valence-corrected chi connectivity index (χ1v) is 20.0. The van der Waals surface area contributed by atoms with Crippen molar-refractivity contribution < 1.29 is 34.0 Å². The third-order valence-corrected chi connectivity index (χ3v) is 10.8. The van der Waals surface area contributed by atoms with E-state index in [9.17, 15) is 24.6 Å². The van der Waals surface area contributed by atoms with Crippen LogP contribution in [0.4, 0.5) is 4.79 Å². The van der Waals surface area contributed by atoms with E-state index in [0.717, 1.165) is 49.0 Å². The van der Waals surface area contributed by atoms with E-state index >= 15 is 0 Å². The lowest BCUT2D eigenvalue weighted by atomic mass is 9.86. The molecule has 2 saturated heterocycles. The number of aromatic hydroxyl groups is 1. The smallest absolute Gasteiger partial charge is 0.408 e. The molecule has 0 aliphatic carbocycles. The van der Waals surface area contributed by atoms with Gasteiger partial charge in [-0.15, -0.1) is 0 Å². The summed E-state index contributed by atoms with van der Waals surface area (Å²) in [4.78, 5) is 40.4. The number of rotatable bonds is 17. The summed E-state index contributed by atoms with van der Waals surface area (Å²) < 4.78 is 17.9. The molecule has 0 saturated carbocycles. The summed E-state index contributed by atoms with van der Waals surface area (Å²) in [5, 5.41) is 34.2. The van der Waals surface area contributed by atoms with Gasteiger partial charge in [0.25, 0.3) is 5.91 Å². The van der Waals surface area contributed by atoms with Crippen LogP contribution >= 0.6 is 0 Å². The van der Waals surface area contributed by atoms with Crippen LogP contribution in [0.25, 0.3) is 10.9 Å². The lowest BCUT2D eigenvalue weighted by Gasteiger charge is -2.41. The van der Waals surface area contributed by atoms with Crippen molar-refractivity contribution in [1.82, 2.24) is 26.3 Å². The number of pyridine rings is 1. The van der Waals surface area contributed by atoms with Crippen molar-refractivity contribution >= 4 is 22.9 Å². The van der Waals surface area contributed by atoms with Gasteiger partial charge in [0.15, 0.2) is 0 Å². The normalized spacial score (nSPS) is 18.5. The summed E-state index contributed by atoms with van der Waals surface area (Å²) >= 11 is 0. The molecule has 2 aliphatic rings. The first kappa shape index (κ1) is 40.5. The van der Waals surface area contributed by atoms with E-state index in [0.29, 0.717) is 67.2 Å². The molecule has 3 unspecified atom stereocenters. The maximum Gasteiger partial charge on any atom is 0.408 e. The zero-order valence-electron chi connectivity index (χ0n) is 32.3. The van der Waals surface area contributed by atoms with Gasteiger partial charge in [-0.25, -0.2) is 4.79 Å². The van der Waals surface area contributed by atoms with Crippen LogP contribution in [0, 0.1) is 11.8 Å². The molecule has 2 bridgehead atoms. The summed E-state index contributed by atoms with van der Waals surface area (Å²) in [5.41, 5.74) is 3.87. The summed E-state index contributed by atoms with van der Waals surface area (Å²) in [6, 6.07) is 30.5. The van der Waals surface area contributed by atoms with Crippen LogP contribution in [0.5, 0.6) is 11.5 Å². The number of phenolic OH excluding ortho intramolecular Hbond substituents is 1. The summed E-state index contributed by atoms with van der Waals surface area (Å²) in [7, 11) is 0. The molecule has 7 rings (SSSR count). The average Bonchev–Trinajstić information content (AvgIpc) is 3.23. The molecule has 7 N–H and O–H groups in total. The Morgan fingerprint density at radius 3 is 2.40 bits per heavy atom. The first-order valence-electron chi connectivity index (χ1n) is 20.0. The fourth-order valence-corrected chi connectivity index (χ4v) is 7.68. The van der Waals surface area contributed by atoms with E-state index in [1.807, 2.05) is 66.7 Å². The van der Waals surface area contributed by atoms with Crippen LogP contribution in [0.2, 0.25) is 0 Å². The molecule has 4 atom stereocenters. The Hall–Kier alpha value is -5.73. The number of alkyl carbamates (subject to hydrolysis) is 1. The number of nitrogens with one attached hydrogen (secondary N) is 5. The molecule has 13 heteroatoms. The molecule has 13 nitrogen and oxygen atoms in total. The highest BCUT2D eigenvalue weighted by molar-refractivity contribution is 5.94. The number of aromatic nitrogens is 1. The molecule has 0 radical (unpaired) electrons. The number of unbranched alkanes of at least 4 members (excludes halogenated alkanes) is 2. The minimum atomic E-state index is -0.808. The topological polar surface area (TPSA) is 183 Å². The van der Waals surface area contributed by atoms with Crippen molar-refractivity contribution in [3.8, 4) is 11.5 Å². The highest BCUT2D eigenvalue weighted by Crippen LogP contribution is 2.30. The number of hydrogen-bond acceptors (Lipinski definition) is 10. The second kappa shape index (κ2) is 19.6. The van der Waals surface area contributed by atoms with E-state index < -0.39 is 18.2 Å². The highest BCUT2D eigenvalue weighted by Gasteiger charge is 2.40. The quantitative estimate of drug-likeness (QED) is 0.0627. The molecule has 2 amide bonds. The van der Waals surface area contributed by atoms with Crippen LogP contribution in [0.3, 0.4) is 0 Å². The number of amides is 2. The van der Waals surface area contributed by atoms with Crippen LogP contribution in [0.15, 0.2) is 108 Å². The third kappa shape index (κ3) is 10.4. The minimum Gasteiger partial charge on any atom is -0.506 e. The highest BCUT2D eigenvalue weighted by atomic mass is 16.6. The summed E-state index contributed by atoms with van der Waals surface area (Å²) in [6.07, 6.45) is 1.12. The fourth-order valence-electron chi connectivity index (χ4n) is 7.68. The molecule has 5 aromatic rings. The molecule has 58 heavy (non-hydrogen) atoms. The van der Waals surface area contributed by atoms with Gasteiger partial charge < -0.3 is 50.7 Å². The van der Waals surface area contributed by atoms with Gasteiger partial charge in [-0.05, 0) is 78.0 Å². The van der Waals surface area contributed by atoms with Crippen molar-refractivity contribution in [2.75, 3.05) is 45.9 Å². The number of piperidine rings is 1. The number of H-pyrrole nitrogens is 1. The molecule has 0 spiro atoms. The summed E-state index contributed by atoms with van der Waals surface area (Å²) in [5.74, 6) is 0.729. The third-order valence-electron chi connectivity index (χ3n) is 10.8. The molecule has 304 valence electrons. The lowest BCUT2D eigenvalue weighted by molar-refractivity contribution is -0.0974. The Balaban J connectivity index is 0.831. The Kier molecular flexibility index (Phi) is 13.7. The van der Waals surface area contributed by atoms with Crippen LogP contribution in [-0.2, 0) is 16.1 Å². The molecular formula is C45H51N5O8. The average molecular weight is 790 g/mol. The van der Waals surface area contributed by atoms with E-state index in [2.05, 4.69) is 26.3 Å². The number of aliphatic hydroxyl groups excluding tert-OH is 1. The number of carbonyl (C=O) groups excluding carboxylic acids is 2. The standard InChI is InChI=1S/C45H51N5O8/c51-38-18-16-36(37-17-19-40(53)49-42(37)38)39(52)25-46-20-5-2-6-21-48-44(54)31-14-12-29(13-15-31)26-57-35-11-7-10-32(22-35)41(30-8-3-1-4-9-30)50-45(55)58-43-33-23-47-24-34(43)28-56-27-33/h1,3-4,7-19,22,33-34,39,41,43,46-47,51-52H,2,5-6,20-21,23-28H2,(H,48,54)(H,49,53)(H,50,55)/t33?,34?,39-,41?,43?/m0/s1. The number of aromatic amines is 1. The van der Waals surface area contributed by atoms with Crippen LogP contribution in [-0.4, -0.2) is 79.2 Å². The van der Waals surface area contributed by atoms with E-state index in [1.165, 1.54) is 12.1 Å². The van der Waals surface area contributed by atoms with Crippen LogP contribution < -0.4 is 31.6 Å². The number of aliphatic hydroxyl groups is 1. The number of phenols is 1. The second-order valence-electron chi connectivity index (χ2n) is 15.0. The van der Waals surface area contributed by atoms with Gasteiger partial charge in [-0.3, -0.25) is 9.59 Å². The van der Waals surface area contributed by atoms with E-state index in [1.54, 1.807) is 24.3 Å². The zero-order chi connectivity index (χ0) is 40.3. The monoisotopic (exact) mass is 789 g/mol. The molecular weight excluding hydrogens is 739 g/mol. The van der Waals surface area contributed by atoms with Gasteiger partial charge in [0, 0.05) is 55.0 Å². The van der Waals surface area contributed by atoms with Crippen molar-refractivity contribution in [3.63, 3.8) is 0 Å².